The van der Waals surface area contributed by atoms with E-state index in [-0.39, 0.29) is 37.3 Å². The second-order valence-electron chi connectivity index (χ2n) is 6.57. The number of nitrogens with zero attached hydrogens (tertiary/aromatic N) is 1. The van der Waals surface area contributed by atoms with E-state index in [0.717, 1.165) is 16.8 Å². The first-order valence-corrected chi connectivity index (χ1v) is 8.29. The molecule has 3 N–H and O–H groups in total. The fourth-order valence-corrected chi connectivity index (χ4v) is 3.15. The van der Waals surface area contributed by atoms with Crippen molar-refractivity contribution in [2.45, 2.75) is 26.7 Å². The number of para-hydroxylation sites is 1. The average Bonchev–Trinajstić information content (AvgIpc) is 2.58. The zero-order valence-corrected chi connectivity index (χ0v) is 15.9. The Kier molecular flexibility index (Phi) is 7.86. The summed E-state index contributed by atoms with van der Waals surface area (Å²) in [6.07, 6.45) is 1.20. The van der Waals surface area contributed by atoms with Crippen LogP contribution in [0.1, 0.15) is 24.0 Å². The van der Waals surface area contributed by atoms with Gasteiger partial charge in [-0.3, -0.25) is 9.59 Å². The normalized spacial score (nSPS) is 15.8. The number of aryl methyl sites for hydroxylation is 2. The van der Waals surface area contributed by atoms with Crippen molar-refractivity contribution in [3.05, 3.63) is 29.3 Å². The van der Waals surface area contributed by atoms with Crippen LogP contribution in [0.25, 0.3) is 0 Å². The number of hydrogen-bond acceptors (Lipinski definition) is 4. The van der Waals surface area contributed by atoms with Crippen molar-refractivity contribution in [1.82, 2.24) is 4.90 Å². The summed E-state index contributed by atoms with van der Waals surface area (Å²) >= 11 is 0. The minimum absolute atomic E-state index is 0. The summed E-state index contributed by atoms with van der Waals surface area (Å²) in [5, 5.41) is 2.91. The van der Waals surface area contributed by atoms with Gasteiger partial charge in [0.1, 0.15) is 0 Å². The number of nitrogens with one attached hydrogen (secondary N) is 1. The molecule has 140 valence electrons. The SMILES string of the molecule is Cc1cccc(C)c1NC(=O)CN(C)C(=O)C1(CN)CCOCC1.Cl. The van der Waals surface area contributed by atoms with Crippen LogP contribution >= 0.6 is 12.4 Å². The summed E-state index contributed by atoms with van der Waals surface area (Å²) in [5.74, 6) is -0.285. The molecule has 0 aliphatic carbocycles. The molecule has 2 rings (SSSR count). The Morgan fingerprint density at radius 3 is 2.32 bits per heavy atom. The number of halogens is 1. The summed E-state index contributed by atoms with van der Waals surface area (Å²) < 4.78 is 5.34. The number of anilines is 1. The number of nitrogens with two attached hydrogens (primary N) is 1. The summed E-state index contributed by atoms with van der Waals surface area (Å²) in [6.45, 7) is 5.25. The summed E-state index contributed by atoms with van der Waals surface area (Å²) in [4.78, 5) is 26.6. The Bertz CT molecular complexity index is 595. The first-order valence-electron chi connectivity index (χ1n) is 8.29. The summed E-state index contributed by atoms with van der Waals surface area (Å²) in [6, 6.07) is 5.85. The fraction of sp³-hybridized carbons (Fsp3) is 0.556. The zero-order chi connectivity index (χ0) is 17.7. The molecule has 1 aliphatic heterocycles. The number of ether oxygens (including phenoxy) is 1. The Hall–Kier alpha value is -1.63. The van der Waals surface area contributed by atoms with Gasteiger partial charge < -0.3 is 20.7 Å². The van der Waals surface area contributed by atoms with Crippen molar-refractivity contribution in [1.29, 1.82) is 0 Å². The maximum Gasteiger partial charge on any atom is 0.243 e. The standard InChI is InChI=1S/C18H27N3O3.ClH/c1-13-5-4-6-14(2)16(13)20-15(22)11-21(3)17(23)18(12-19)7-9-24-10-8-18;/h4-6H,7-12,19H2,1-3H3,(H,20,22);1H. The molecule has 1 heterocycles. The van der Waals surface area contributed by atoms with Gasteiger partial charge in [-0.1, -0.05) is 18.2 Å². The zero-order valence-electron chi connectivity index (χ0n) is 15.1. The van der Waals surface area contributed by atoms with Crippen molar-refractivity contribution in [3.63, 3.8) is 0 Å². The van der Waals surface area contributed by atoms with Gasteiger partial charge >= 0.3 is 0 Å². The topological polar surface area (TPSA) is 84.7 Å². The second kappa shape index (κ2) is 9.17. The van der Waals surface area contributed by atoms with E-state index in [1.165, 1.54) is 4.90 Å². The van der Waals surface area contributed by atoms with Crippen molar-refractivity contribution >= 4 is 29.9 Å². The highest BCUT2D eigenvalue weighted by atomic mass is 35.5. The molecule has 7 heteroatoms. The highest BCUT2D eigenvalue weighted by Crippen LogP contribution is 2.31. The van der Waals surface area contributed by atoms with E-state index in [0.29, 0.717) is 26.1 Å². The van der Waals surface area contributed by atoms with Crippen LogP contribution in [-0.4, -0.2) is 50.1 Å². The minimum Gasteiger partial charge on any atom is -0.381 e. The van der Waals surface area contributed by atoms with E-state index in [4.69, 9.17) is 10.5 Å². The van der Waals surface area contributed by atoms with Crippen molar-refractivity contribution in [3.8, 4) is 0 Å². The van der Waals surface area contributed by atoms with E-state index in [9.17, 15) is 9.59 Å². The summed E-state index contributed by atoms with van der Waals surface area (Å²) in [7, 11) is 1.65. The largest absolute Gasteiger partial charge is 0.381 e. The molecule has 1 aliphatic rings. The van der Waals surface area contributed by atoms with Gasteiger partial charge in [-0.25, -0.2) is 0 Å². The number of benzene rings is 1. The van der Waals surface area contributed by atoms with Crippen LogP contribution in [0.15, 0.2) is 18.2 Å². The molecule has 1 fully saturated rings. The van der Waals surface area contributed by atoms with Crippen molar-refractivity contribution in [2.24, 2.45) is 11.1 Å². The van der Waals surface area contributed by atoms with Crippen LogP contribution < -0.4 is 11.1 Å². The van der Waals surface area contributed by atoms with E-state index >= 15 is 0 Å². The third-order valence-electron chi connectivity index (χ3n) is 4.77. The van der Waals surface area contributed by atoms with E-state index in [1.807, 2.05) is 32.0 Å². The lowest BCUT2D eigenvalue weighted by molar-refractivity contribution is -0.147. The van der Waals surface area contributed by atoms with E-state index < -0.39 is 5.41 Å². The number of rotatable bonds is 5. The molecular weight excluding hydrogens is 342 g/mol. The van der Waals surface area contributed by atoms with Crippen molar-refractivity contribution in [2.75, 3.05) is 38.7 Å². The molecule has 1 saturated heterocycles. The first-order chi connectivity index (χ1) is 11.4. The molecule has 6 nitrogen and oxygen atoms in total. The van der Waals surface area contributed by atoms with Crippen LogP contribution in [0.3, 0.4) is 0 Å². The van der Waals surface area contributed by atoms with Crippen molar-refractivity contribution < 1.29 is 14.3 Å². The number of amides is 2. The van der Waals surface area contributed by atoms with Gasteiger partial charge in [0.15, 0.2) is 0 Å². The molecule has 25 heavy (non-hydrogen) atoms. The maximum absolute atomic E-state index is 12.8. The number of likely N-dealkylation sites (N-methyl/N-ethyl adjacent to an activating group) is 1. The Morgan fingerprint density at radius 1 is 1.24 bits per heavy atom. The predicted molar refractivity (Wildman–Crippen MR) is 101 cm³/mol. The molecule has 0 bridgehead atoms. The fourth-order valence-electron chi connectivity index (χ4n) is 3.15. The lowest BCUT2D eigenvalue weighted by atomic mass is 9.79. The molecule has 0 radical (unpaired) electrons. The van der Waals surface area contributed by atoms with Crippen LogP contribution in [0.2, 0.25) is 0 Å². The third kappa shape index (κ3) is 4.93. The molecule has 2 amide bonds. The van der Waals surface area contributed by atoms with Gasteiger partial charge in [-0.05, 0) is 37.8 Å². The van der Waals surface area contributed by atoms with Crippen LogP contribution in [0, 0.1) is 19.3 Å². The van der Waals surface area contributed by atoms with Crippen LogP contribution in [0.5, 0.6) is 0 Å². The van der Waals surface area contributed by atoms with E-state index in [1.54, 1.807) is 7.05 Å². The molecule has 0 atom stereocenters. The Morgan fingerprint density at radius 2 is 1.80 bits per heavy atom. The quantitative estimate of drug-likeness (QED) is 0.829. The molecule has 0 unspecified atom stereocenters. The Balaban J connectivity index is 0.00000312. The molecule has 1 aromatic carbocycles. The molecule has 1 aromatic rings. The molecular formula is C18H28ClN3O3. The lowest BCUT2D eigenvalue weighted by Crippen LogP contribution is -2.51. The molecule has 0 aromatic heterocycles. The minimum atomic E-state index is -0.605. The van der Waals surface area contributed by atoms with E-state index in [2.05, 4.69) is 5.32 Å². The predicted octanol–water partition coefficient (Wildman–Crippen LogP) is 1.88. The maximum atomic E-state index is 12.8. The number of carbonyl (C=O) groups excluding carboxylic acids is 2. The lowest BCUT2D eigenvalue weighted by Gasteiger charge is -2.37. The highest BCUT2D eigenvalue weighted by Gasteiger charge is 2.40. The van der Waals surface area contributed by atoms with Gasteiger partial charge in [0.2, 0.25) is 11.8 Å². The summed E-state index contributed by atoms with van der Waals surface area (Å²) in [5.41, 5.74) is 8.07. The monoisotopic (exact) mass is 369 g/mol. The van der Waals surface area contributed by atoms with Gasteiger partial charge in [0, 0.05) is 32.5 Å². The first kappa shape index (κ1) is 21.4. The average molecular weight is 370 g/mol. The third-order valence-corrected chi connectivity index (χ3v) is 4.77. The molecule has 0 saturated carbocycles. The molecule has 0 spiro atoms. The smallest absolute Gasteiger partial charge is 0.243 e. The van der Waals surface area contributed by atoms with Gasteiger partial charge in [-0.15, -0.1) is 12.4 Å². The number of carbonyl (C=O) groups is 2. The second-order valence-corrected chi connectivity index (χ2v) is 6.57. The highest BCUT2D eigenvalue weighted by molar-refractivity contribution is 5.96. The van der Waals surface area contributed by atoms with Gasteiger partial charge in [0.25, 0.3) is 0 Å². The Labute approximate surface area is 155 Å². The van der Waals surface area contributed by atoms with Crippen LogP contribution in [-0.2, 0) is 14.3 Å². The van der Waals surface area contributed by atoms with Gasteiger partial charge in [-0.2, -0.15) is 0 Å². The van der Waals surface area contributed by atoms with Gasteiger partial charge in [0.05, 0.1) is 12.0 Å². The number of hydrogen-bond donors (Lipinski definition) is 2. The van der Waals surface area contributed by atoms with Crippen LogP contribution in [0.4, 0.5) is 5.69 Å².